The Morgan fingerprint density at radius 1 is 1.06 bits per heavy atom. The topological polar surface area (TPSA) is 108 Å². The van der Waals surface area contributed by atoms with Crippen LogP contribution >= 0.6 is 0 Å². The molecule has 0 fully saturated rings. The molecule has 3 aromatic rings. The lowest BCUT2D eigenvalue weighted by atomic mass is 10.2. The zero-order valence-electron chi connectivity index (χ0n) is 16.8. The molecule has 2 amide bonds. The van der Waals surface area contributed by atoms with Crippen LogP contribution in [0.1, 0.15) is 5.69 Å². The molecule has 1 aliphatic heterocycles. The molecule has 1 aromatic heterocycles. The molecule has 0 spiro atoms. The fourth-order valence-corrected chi connectivity index (χ4v) is 3.28. The number of esters is 1. The zero-order chi connectivity index (χ0) is 21.8. The van der Waals surface area contributed by atoms with Gasteiger partial charge in [-0.25, -0.2) is 0 Å². The average molecular weight is 423 g/mol. The molecule has 9 heteroatoms. The van der Waals surface area contributed by atoms with Gasteiger partial charge >= 0.3 is 5.97 Å². The number of hydrogen-bond donors (Lipinski definition) is 2. The fourth-order valence-electron chi connectivity index (χ4n) is 3.28. The normalized spacial score (nSPS) is 14.7. The second-order valence-corrected chi connectivity index (χ2v) is 6.99. The molecular weight excluding hydrogens is 402 g/mol. The van der Waals surface area contributed by atoms with Gasteiger partial charge in [-0.05, 0) is 36.6 Å². The summed E-state index contributed by atoms with van der Waals surface area (Å²) in [6.45, 7) is 1.36. The fraction of sp³-hybridized carbons (Fsp3) is 0.227. The molecule has 9 nitrogen and oxygen atoms in total. The maximum atomic E-state index is 12.2. The van der Waals surface area contributed by atoms with Crippen molar-refractivity contribution in [2.24, 2.45) is 0 Å². The van der Waals surface area contributed by atoms with Gasteiger partial charge in [-0.1, -0.05) is 30.3 Å². The van der Waals surface area contributed by atoms with Gasteiger partial charge in [0.25, 0.3) is 11.8 Å². The Labute approximate surface area is 177 Å². The number of nitrogens with zero attached hydrogens (tertiary/aromatic N) is 1. The van der Waals surface area contributed by atoms with Crippen molar-refractivity contribution in [2.45, 2.75) is 19.6 Å². The second kappa shape index (κ2) is 8.78. The van der Waals surface area contributed by atoms with E-state index in [-0.39, 0.29) is 13.2 Å². The zero-order valence-corrected chi connectivity index (χ0v) is 16.8. The Bertz CT molecular complexity index is 1140. The van der Waals surface area contributed by atoms with Gasteiger partial charge < -0.3 is 18.8 Å². The summed E-state index contributed by atoms with van der Waals surface area (Å²) >= 11 is 0. The molecule has 1 aliphatic rings. The predicted molar refractivity (Wildman–Crippen MR) is 110 cm³/mol. The standard InChI is InChI=1S/C22H21N3O6/c1-14-10-15-6-2-3-7-16(15)25(14)11-21(27)30-13-20(26)23-24-22(28)19-12-29-17-8-4-5-9-18(17)31-19/h2-10,19H,11-13H2,1H3,(H,23,26)(H,24,28). The SMILES string of the molecule is Cc1cc2ccccc2n1CC(=O)OCC(=O)NNC(=O)C1COc2ccccc2O1. The van der Waals surface area contributed by atoms with Crippen LogP contribution in [0.4, 0.5) is 0 Å². The molecule has 0 saturated heterocycles. The Morgan fingerprint density at radius 3 is 2.65 bits per heavy atom. The minimum Gasteiger partial charge on any atom is -0.485 e. The number of ether oxygens (including phenoxy) is 3. The van der Waals surface area contributed by atoms with Gasteiger partial charge in [0.2, 0.25) is 6.10 Å². The van der Waals surface area contributed by atoms with Crippen LogP contribution < -0.4 is 20.3 Å². The number of benzene rings is 2. The summed E-state index contributed by atoms with van der Waals surface area (Å²) in [6.07, 6.45) is -0.914. The van der Waals surface area contributed by atoms with Crippen molar-refractivity contribution in [1.29, 1.82) is 0 Å². The van der Waals surface area contributed by atoms with Crippen molar-refractivity contribution in [3.8, 4) is 11.5 Å². The number of hydrogen-bond acceptors (Lipinski definition) is 6. The maximum absolute atomic E-state index is 12.2. The third-order valence-corrected chi connectivity index (χ3v) is 4.80. The summed E-state index contributed by atoms with van der Waals surface area (Å²) in [5.74, 6) is -0.821. The van der Waals surface area contributed by atoms with Gasteiger partial charge in [0, 0.05) is 11.2 Å². The van der Waals surface area contributed by atoms with E-state index < -0.39 is 30.5 Å². The molecule has 0 aliphatic carbocycles. The van der Waals surface area contributed by atoms with Crippen LogP contribution in [-0.2, 0) is 25.7 Å². The molecule has 2 N–H and O–H groups in total. The number of rotatable bonds is 5. The first kappa shape index (κ1) is 20.3. The highest BCUT2D eigenvalue weighted by molar-refractivity contribution is 5.87. The summed E-state index contributed by atoms with van der Waals surface area (Å²) in [5, 5.41) is 1.02. The van der Waals surface area contributed by atoms with E-state index in [9.17, 15) is 14.4 Å². The van der Waals surface area contributed by atoms with Crippen molar-refractivity contribution < 1.29 is 28.6 Å². The molecule has 0 radical (unpaired) electrons. The van der Waals surface area contributed by atoms with E-state index in [1.54, 1.807) is 24.3 Å². The van der Waals surface area contributed by atoms with Gasteiger partial charge in [0.05, 0.1) is 0 Å². The van der Waals surface area contributed by atoms with Crippen LogP contribution in [0.3, 0.4) is 0 Å². The van der Waals surface area contributed by atoms with E-state index in [0.29, 0.717) is 11.5 Å². The van der Waals surface area contributed by atoms with E-state index >= 15 is 0 Å². The van der Waals surface area contributed by atoms with Gasteiger partial charge in [-0.15, -0.1) is 0 Å². The van der Waals surface area contributed by atoms with Crippen molar-refractivity contribution in [3.63, 3.8) is 0 Å². The van der Waals surface area contributed by atoms with Crippen molar-refractivity contribution in [1.82, 2.24) is 15.4 Å². The first-order chi connectivity index (χ1) is 15.0. The molecule has 1 atom stereocenters. The number of nitrogens with one attached hydrogen (secondary N) is 2. The lowest BCUT2D eigenvalue weighted by Gasteiger charge is -2.25. The monoisotopic (exact) mass is 423 g/mol. The van der Waals surface area contributed by atoms with Gasteiger partial charge in [-0.2, -0.15) is 0 Å². The predicted octanol–water partition coefficient (Wildman–Crippen LogP) is 1.48. The van der Waals surface area contributed by atoms with Crippen molar-refractivity contribution in [2.75, 3.05) is 13.2 Å². The highest BCUT2D eigenvalue weighted by Crippen LogP contribution is 2.30. The lowest BCUT2D eigenvalue weighted by molar-refractivity contribution is -0.149. The number of aromatic nitrogens is 1. The maximum Gasteiger partial charge on any atom is 0.326 e. The van der Waals surface area contributed by atoms with Crippen molar-refractivity contribution in [3.05, 3.63) is 60.3 Å². The van der Waals surface area contributed by atoms with Crippen LogP contribution in [0.5, 0.6) is 11.5 Å². The number of fused-ring (bicyclic) bond motifs is 2. The summed E-state index contributed by atoms with van der Waals surface area (Å²) in [5.41, 5.74) is 6.26. The van der Waals surface area contributed by atoms with Crippen LogP contribution in [0.2, 0.25) is 0 Å². The molecule has 31 heavy (non-hydrogen) atoms. The second-order valence-electron chi connectivity index (χ2n) is 6.99. The summed E-state index contributed by atoms with van der Waals surface area (Å²) in [7, 11) is 0. The van der Waals surface area contributed by atoms with E-state index in [4.69, 9.17) is 14.2 Å². The number of para-hydroxylation sites is 3. The van der Waals surface area contributed by atoms with Gasteiger partial charge in [0.15, 0.2) is 18.1 Å². The summed E-state index contributed by atoms with van der Waals surface area (Å²) in [4.78, 5) is 36.3. The Hall–Kier alpha value is -4.01. The van der Waals surface area contributed by atoms with Crippen molar-refractivity contribution >= 4 is 28.7 Å². The van der Waals surface area contributed by atoms with E-state index in [1.807, 2.05) is 41.8 Å². The minimum absolute atomic E-state index is 0.0118. The Kier molecular flexibility index (Phi) is 5.74. The number of amides is 2. The van der Waals surface area contributed by atoms with E-state index in [0.717, 1.165) is 16.6 Å². The van der Waals surface area contributed by atoms with E-state index in [2.05, 4.69) is 10.9 Å². The highest BCUT2D eigenvalue weighted by atomic mass is 16.6. The van der Waals surface area contributed by atoms with Crippen LogP contribution in [0.25, 0.3) is 10.9 Å². The number of carbonyl (C=O) groups excluding carboxylic acids is 3. The van der Waals surface area contributed by atoms with Crippen LogP contribution in [0, 0.1) is 6.92 Å². The Morgan fingerprint density at radius 2 is 1.81 bits per heavy atom. The molecule has 0 saturated carbocycles. The van der Waals surface area contributed by atoms with Gasteiger partial charge in [0.1, 0.15) is 13.2 Å². The average Bonchev–Trinajstić information content (AvgIpc) is 3.10. The number of carbonyl (C=O) groups is 3. The number of aryl methyl sites for hydroxylation is 1. The smallest absolute Gasteiger partial charge is 0.326 e. The third-order valence-electron chi connectivity index (χ3n) is 4.80. The molecule has 4 rings (SSSR count). The van der Waals surface area contributed by atoms with Crippen LogP contribution in [-0.4, -0.2) is 41.7 Å². The highest BCUT2D eigenvalue weighted by Gasteiger charge is 2.27. The summed E-state index contributed by atoms with van der Waals surface area (Å²) < 4.78 is 17.9. The quantitative estimate of drug-likeness (QED) is 0.476. The first-order valence-electron chi connectivity index (χ1n) is 9.69. The summed E-state index contributed by atoms with van der Waals surface area (Å²) in [6, 6.07) is 16.6. The molecule has 2 heterocycles. The Balaban J connectivity index is 1.23. The molecule has 0 bridgehead atoms. The first-order valence-corrected chi connectivity index (χ1v) is 9.69. The minimum atomic E-state index is -0.914. The van der Waals surface area contributed by atoms with Gasteiger partial charge in [-0.3, -0.25) is 25.2 Å². The molecular formula is C22H21N3O6. The molecule has 1 unspecified atom stereocenters. The third kappa shape index (κ3) is 4.61. The van der Waals surface area contributed by atoms with E-state index in [1.165, 1.54) is 0 Å². The molecule has 160 valence electrons. The number of hydrazine groups is 1. The largest absolute Gasteiger partial charge is 0.485 e. The lowest BCUT2D eigenvalue weighted by Crippen LogP contribution is -2.51. The molecule has 2 aromatic carbocycles. The van der Waals surface area contributed by atoms with Crippen LogP contribution in [0.15, 0.2) is 54.6 Å².